The SMILES string of the molecule is COc1cc(C#N)c(NS(=O)(=O)c2ccc(C)cc2)cc1OC. The van der Waals surface area contributed by atoms with Crippen molar-refractivity contribution in [2.24, 2.45) is 0 Å². The van der Waals surface area contributed by atoms with E-state index in [0.717, 1.165) is 5.56 Å². The Hall–Kier alpha value is -2.72. The van der Waals surface area contributed by atoms with Gasteiger partial charge < -0.3 is 9.47 Å². The molecule has 0 aliphatic rings. The minimum absolute atomic E-state index is 0.113. The van der Waals surface area contributed by atoms with Crippen LogP contribution in [-0.2, 0) is 10.0 Å². The molecule has 0 aliphatic carbocycles. The van der Waals surface area contributed by atoms with Crippen molar-refractivity contribution in [3.63, 3.8) is 0 Å². The number of ether oxygens (including phenoxy) is 2. The molecule has 0 aliphatic heterocycles. The van der Waals surface area contributed by atoms with E-state index in [-0.39, 0.29) is 16.1 Å². The van der Waals surface area contributed by atoms with Gasteiger partial charge in [-0.2, -0.15) is 5.26 Å². The van der Waals surface area contributed by atoms with E-state index in [0.29, 0.717) is 11.5 Å². The highest BCUT2D eigenvalue weighted by Crippen LogP contribution is 2.34. The van der Waals surface area contributed by atoms with Gasteiger partial charge in [0.15, 0.2) is 11.5 Å². The molecule has 0 saturated heterocycles. The first kappa shape index (κ1) is 16.6. The van der Waals surface area contributed by atoms with Gasteiger partial charge >= 0.3 is 0 Å². The van der Waals surface area contributed by atoms with Gasteiger partial charge in [-0.1, -0.05) is 17.7 Å². The molecule has 0 fully saturated rings. The maximum absolute atomic E-state index is 12.4. The number of methoxy groups -OCH3 is 2. The Labute approximate surface area is 135 Å². The van der Waals surface area contributed by atoms with Crippen LogP contribution < -0.4 is 14.2 Å². The summed E-state index contributed by atoms with van der Waals surface area (Å²) in [6.07, 6.45) is 0. The van der Waals surface area contributed by atoms with Crippen LogP contribution in [0.2, 0.25) is 0 Å². The Bertz CT molecular complexity index is 853. The van der Waals surface area contributed by atoms with Crippen molar-refractivity contribution in [3.8, 4) is 17.6 Å². The molecule has 6 nitrogen and oxygen atoms in total. The normalized spacial score (nSPS) is 10.7. The lowest BCUT2D eigenvalue weighted by molar-refractivity contribution is 0.355. The summed E-state index contributed by atoms with van der Waals surface area (Å²) in [6.45, 7) is 1.87. The fraction of sp³-hybridized carbons (Fsp3) is 0.188. The predicted octanol–water partition coefficient (Wildman–Crippen LogP) is 2.68. The monoisotopic (exact) mass is 332 g/mol. The fourth-order valence-electron chi connectivity index (χ4n) is 1.98. The number of sulfonamides is 1. The summed E-state index contributed by atoms with van der Waals surface area (Å²) in [4.78, 5) is 0.113. The van der Waals surface area contributed by atoms with Gasteiger partial charge in [0.2, 0.25) is 0 Å². The molecule has 0 bridgehead atoms. The average molecular weight is 332 g/mol. The highest BCUT2D eigenvalue weighted by atomic mass is 32.2. The first-order valence-corrected chi connectivity index (χ1v) is 8.15. The molecule has 0 spiro atoms. The van der Waals surface area contributed by atoms with Crippen LogP contribution >= 0.6 is 0 Å². The number of nitrogens with one attached hydrogen (secondary N) is 1. The molecule has 23 heavy (non-hydrogen) atoms. The third kappa shape index (κ3) is 3.55. The molecule has 2 aromatic carbocycles. The zero-order valence-electron chi connectivity index (χ0n) is 13.0. The molecule has 0 aromatic heterocycles. The van der Waals surface area contributed by atoms with Crippen molar-refractivity contribution >= 4 is 15.7 Å². The van der Waals surface area contributed by atoms with Gasteiger partial charge in [0.1, 0.15) is 6.07 Å². The summed E-state index contributed by atoms with van der Waals surface area (Å²) in [5.74, 6) is 0.676. The summed E-state index contributed by atoms with van der Waals surface area (Å²) < 4.78 is 37.6. The molecule has 0 unspecified atom stereocenters. The Kier molecular flexibility index (Phi) is 4.77. The molecule has 120 valence electrons. The highest BCUT2D eigenvalue weighted by Gasteiger charge is 2.18. The van der Waals surface area contributed by atoms with Crippen LogP contribution in [0.5, 0.6) is 11.5 Å². The molecule has 2 aromatic rings. The second kappa shape index (κ2) is 6.58. The molecular weight excluding hydrogens is 316 g/mol. The van der Waals surface area contributed by atoms with Crippen LogP contribution in [0.4, 0.5) is 5.69 Å². The zero-order chi connectivity index (χ0) is 17.0. The first-order chi connectivity index (χ1) is 10.9. The van der Waals surface area contributed by atoms with Crippen LogP contribution in [0.3, 0.4) is 0 Å². The fourth-order valence-corrected chi connectivity index (χ4v) is 3.05. The number of hydrogen-bond acceptors (Lipinski definition) is 5. The number of benzene rings is 2. The van der Waals surface area contributed by atoms with E-state index >= 15 is 0 Å². The summed E-state index contributed by atoms with van der Waals surface area (Å²) >= 11 is 0. The lowest BCUT2D eigenvalue weighted by Gasteiger charge is -2.13. The minimum Gasteiger partial charge on any atom is -0.493 e. The first-order valence-electron chi connectivity index (χ1n) is 6.67. The van der Waals surface area contributed by atoms with Crippen LogP contribution in [0.15, 0.2) is 41.3 Å². The van der Waals surface area contributed by atoms with E-state index in [9.17, 15) is 13.7 Å². The Morgan fingerprint density at radius 2 is 1.61 bits per heavy atom. The molecule has 7 heteroatoms. The summed E-state index contributed by atoms with van der Waals surface area (Å²) in [6, 6.07) is 11.2. The Balaban J connectivity index is 2.46. The lowest BCUT2D eigenvalue weighted by Crippen LogP contribution is -2.14. The quantitative estimate of drug-likeness (QED) is 0.909. The van der Waals surface area contributed by atoms with Gasteiger partial charge in [0.25, 0.3) is 10.0 Å². The van der Waals surface area contributed by atoms with E-state index in [2.05, 4.69) is 4.72 Å². The van der Waals surface area contributed by atoms with Gasteiger partial charge in [-0.05, 0) is 19.1 Å². The summed E-state index contributed by atoms with van der Waals surface area (Å²) in [5, 5.41) is 9.22. The molecular formula is C16H16N2O4S. The molecule has 0 heterocycles. The predicted molar refractivity (Wildman–Crippen MR) is 86.2 cm³/mol. The van der Waals surface area contributed by atoms with Crippen molar-refractivity contribution in [1.82, 2.24) is 0 Å². The molecule has 0 saturated carbocycles. The maximum atomic E-state index is 12.4. The van der Waals surface area contributed by atoms with Crippen molar-refractivity contribution in [1.29, 1.82) is 5.26 Å². The number of aryl methyl sites for hydroxylation is 1. The standard InChI is InChI=1S/C16H16N2O4S/c1-11-4-6-13(7-5-11)23(19,20)18-14-9-16(22-3)15(21-2)8-12(14)10-17/h4-9,18H,1-3H3. The van der Waals surface area contributed by atoms with E-state index < -0.39 is 10.0 Å². The van der Waals surface area contributed by atoms with Crippen molar-refractivity contribution in [3.05, 3.63) is 47.5 Å². The van der Waals surface area contributed by atoms with Crippen molar-refractivity contribution in [2.75, 3.05) is 18.9 Å². The topological polar surface area (TPSA) is 88.4 Å². The van der Waals surface area contributed by atoms with Gasteiger partial charge in [-0.15, -0.1) is 0 Å². The van der Waals surface area contributed by atoms with E-state index in [1.54, 1.807) is 12.1 Å². The van der Waals surface area contributed by atoms with Gasteiger partial charge in [-0.25, -0.2) is 8.42 Å². The smallest absolute Gasteiger partial charge is 0.261 e. The number of nitrogens with zero attached hydrogens (tertiary/aromatic N) is 1. The molecule has 2 rings (SSSR count). The number of rotatable bonds is 5. The van der Waals surface area contributed by atoms with Crippen LogP contribution in [0.1, 0.15) is 11.1 Å². The summed E-state index contributed by atoms with van der Waals surface area (Å²) in [5.41, 5.74) is 1.22. The highest BCUT2D eigenvalue weighted by molar-refractivity contribution is 7.92. The lowest BCUT2D eigenvalue weighted by atomic mass is 10.2. The van der Waals surface area contributed by atoms with Gasteiger partial charge in [-0.3, -0.25) is 4.72 Å². The number of nitriles is 1. The van der Waals surface area contributed by atoms with E-state index in [1.807, 2.05) is 13.0 Å². The van der Waals surface area contributed by atoms with Crippen molar-refractivity contribution < 1.29 is 17.9 Å². The van der Waals surface area contributed by atoms with Gasteiger partial charge in [0.05, 0.1) is 30.4 Å². The van der Waals surface area contributed by atoms with E-state index in [1.165, 1.54) is 38.5 Å². The summed E-state index contributed by atoms with van der Waals surface area (Å²) in [7, 11) is -0.932. The van der Waals surface area contributed by atoms with E-state index in [4.69, 9.17) is 9.47 Å². The average Bonchev–Trinajstić information content (AvgIpc) is 2.54. The number of hydrogen-bond donors (Lipinski definition) is 1. The van der Waals surface area contributed by atoms with Crippen LogP contribution in [-0.4, -0.2) is 22.6 Å². The number of anilines is 1. The molecule has 1 N–H and O–H groups in total. The zero-order valence-corrected chi connectivity index (χ0v) is 13.8. The second-order valence-corrected chi connectivity index (χ2v) is 6.47. The Morgan fingerprint density at radius 1 is 1.04 bits per heavy atom. The minimum atomic E-state index is -3.80. The van der Waals surface area contributed by atoms with Crippen LogP contribution in [0, 0.1) is 18.3 Å². The molecule has 0 atom stereocenters. The largest absolute Gasteiger partial charge is 0.493 e. The second-order valence-electron chi connectivity index (χ2n) is 4.78. The third-order valence-electron chi connectivity index (χ3n) is 3.22. The Morgan fingerprint density at radius 3 is 2.13 bits per heavy atom. The molecule has 0 radical (unpaired) electrons. The maximum Gasteiger partial charge on any atom is 0.261 e. The van der Waals surface area contributed by atoms with Crippen molar-refractivity contribution in [2.45, 2.75) is 11.8 Å². The van der Waals surface area contributed by atoms with Gasteiger partial charge in [0, 0.05) is 12.1 Å². The third-order valence-corrected chi connectivity index (χ3v) is 4.60. The molecule has 0 amide bonds. The van der Waals surface area contributed by atoms with Crippen LogP contribution in [0.25, 0.3) is 0 Å².